The summed E-state index contributed by atoms with van der Waals surface area (Å²) in [6, 6.07) is 19.0. The van der Waals surface area contributed by atoms with Gasteiger partial charge in [-0.1, -0.05) is 0 Å². The van der Waals surface area contributed by atoms with Crippen LogP contribution in [0.15, 0.2) is 60.7 Å². The van der Waals surface area contributed by atoms with Crippen LogP contribution in [0, 0.1) is 5.92 Å². The molecule has 2 aromatic carbocycles. The van der Waals surface area contributed by atoms with E-state index in [4.69, 9.17) is 22.8 Å². The van der Waals surface area contributed by atoms with E-state index >= 15 is 0 Å². The van der Waals surface area contributed by atoms with Gasteiger partial charge >= 0.3 is 166 Å². The molecule has 137 valence electrons. The van der Waals surface area contributed by atoms with Crippen molar-refractivity contribution < 1.29 is 13.4 Å². The van der Waals surface area contributed by atoms with Gasteiger partial charge in [0.15, 0.2) is 0 Å². The molecule has 1 nitrogen and oxygen atoms in total. The second-order valence-corrected chi connectivity index (χ2v) is 22.2. The van der Waals surface area contributed by atoms with Crippen LogP contribution >= 0.6 is 18.6 Å². The molecule has 2 aromatic rings. The normalized spacial score (nSPS) is 26.9. The number of hydrogen-bond acceptors (Lipinski definition) is 1. The molecule has 1 saturated carbocycles. The van der Waals surface area contributed by atoms with Gasteiger partial charge in [-0.2, -0.15) is 0 Å². The third-order valence-corrected chi connectivity index (χ3v) is 14.8. The number of fused-ring (bicyclic) bond motifs is 1. The van der Waals surface area contributed by atoms with Crippen molar-refractivity contribution >= 4 is 24.7 Å². The van der Waals surface area contributed by atoms with E-state index in [1.165, 1.54) is 36.0 Å². The number of benzene rings is 2. The van der Waals surface area contributed by atoms with Crippen LogP contribution in [0.4, 0.5) is 0 Å². The Labute approximate surface area is 165 Å². The summed E-state index contributed by atoms with van der Waals surface area (Å²) < 4.78 is 7.84. The van der Waals surface area contributed by atoms with E-state index in [1.54, 1.807) is 0 Å². The average Bonchev–Trinajstić information content (AvgIpc) is 3.06. The first kappa shape index (κ1) is 18.8. The van der Waals surface area contributed by atoms with Crippen molar-refractivity contribution in [2.24, 2.45) is 10.1 Å². The molecular weight excluding hydrogens is 397 g/mol. The van der Waals surface area contributed by atoms with Gasteiger partial charge in [-0.05, 0) is 0 Å². The van der Waals surface area contributed by atoms with Crippen LogP contribution in [-0.2, 0) is 18.2 Å². The summed E-state index contributed by atoms with van der Waals surface area (Å²) in [5.74, 6) is 0.848. The first-order valence-corrected chi connectivity index (χ1v) is 16.8. The number of rotatable bonds is 4. The van der Waals surface area contributed by atoms with Gasteiger partial charge in [0.05, 0.1) is 0 Å². The molecule has 2 N–H and O–H groups in total. The van der Waals surface area contributed by atoms with Crippen molar-refractivity contribution in [2.75, 3.05) is 0 Å². The van der Waals surface area contributed by atoms with E-state index < -0.39 is 13.4 Å². The van der Waals surface area contributed by atoms with Gasteiger partial charge < -0.3 is 0 Å². The Morgan fingerprint density at radius 3 is 2.42 bits per heavy atom. The molecule has 0 aliphatic heterocycles. The fraction of sp³-hybridized carbons (Fsp3) is 0.364. The first-order chi connectivity index (χ1) is 12.4. The summed E-state index contributed by atoms with van der Waals surface area (Å²) in [4.78, 5) is 0. The second-order valence-electron chi connectivity index (χ2n) is 8.08. The molecule has 2 aliphatic carbocycles. The van der Waals surface area contributed by atoms with Gasteiger partial charge in [0.1, 0.15) is 0 Å². The van der Waals surface area contributed by atoms with Crippen LogP contribution < -0.4 is 4.22 Å². The van der Waals surface area contributed by atoms with Crippen LogP contribution in [-0.4, -0.2) is 0 Å². The Morgan fingerprint density at radius 1 is 0.923 bits per heavy atom. The van der Waals surface area contributed by atoms with Crippen molar-refractivity contribution in [2.45, 2.75) is 40.5 Å². The quantitative estimate of drug-likeness (QED) is 0.535. The standard InChI is InChI=1S/C15H17.C7H7.2ClH.H2N.Ti/c1-2-6-12(7-3-1)15-11-10-13-8-4-5-9-14(13)15;1-7-5-3-2-4-6-7;;;;/h4-6,8-12,15H,1-3,7H2;2-6H,1H2;2*1H;1H2;/q;;;;-1;+3/p-2. The SMILES string of the molecule is [NH2][Ti]([Cl])([Cl])([CH2]c1ccccc1)[CH]1CCCCC1C1C=Cc2ccccc21. The molecule has 0 spiro atoms. The molecular formula is C22H26Cl2NTi. The van der Waals surface area contributed by atoms with Gasteiger partial charge in [-0.3, -0.25) is 0 Å². The van der Waals surface area contributed by atoms with Crippen LogP contribution in [0.1, 0.15) is 48.3 Å². The second kappa shape index (κ2) is 7.11. The fourth-order valence-electron chi connectivity index (χ4n) is 5.09. The number of nitrogens with two attached hydrogens (primary N) is 1. The van der Waals surface area contributed by atoms with Crippen LogP contribution in [0.2, 0.25) is 4.22 Å². The predicted octanol–water partition coefficient (Wildman–Crippen LogP) is 6.85. The molecule has 0 heterocycles. The summed E-state index contributed by atoms with van der Waals surface area (Å²) in [6.07, 6.45) is 9.26. The van der Waals surface area contributed by atoms with E-state index in [-0.39, 0.29) is 4.22 Å². The molecule has 0 saturated heterocycles. The zero-order valence-corrected chi connectivity index (χ0v) is 18.0. The zero-order chi connectivity index (χ0) is 18.2. The van der Waals surface area contributed by atoms with Gasteiger partial charge in [0.2, 0.25) is 0 Å². The maximum atomic E-state index is 7.22. The fourth-order valence-corrected chi connectivity index (χ4v) is 13.8. The summed E-state index contributed by atoms with van der Waals surface area (Å²) in [5.41, 5.74) is 3.92. The summed E-state index contributed by atoms with van der Waals surface area (Å²) in [7, 11) is 14.4. The zero-order valence-electron chi connectivity index (χ0n) is 15.0. The molecule has 3 unspecified atom stereocenters. The van der Waals surface area contributed by atoms with Crippen molar-refractivity contribution in [1.82, 2.24) is 0 Å². The molecule has 0 amide bonds. The van der Waals surface area contributed by atoms with Crippen LogP contribution in [0.25, 0.3) is 6.08 Å². The molecule has 26 heavy (non-hydrogen) atoms. The van der Waals surface area contributed by atoms with Crippen molar-refractivity contribution in [1.29, 1.82) is 0 Å². The molecule has 4 heteroatoms. The van der Waals surface area contributed by atoms with Gasteiger partial charge in [-0.15, -0.1) is 0 Å². The third kappa shape index (κ3) is 3.70. The molecule has 2 aliphatic rings. The van der Waals surface area contributed by atoms with Crippen LogP contribution in [0.3, 0.4) is 0 Å². The summed E-state index contributed by atoms with van der Waals surface area (Å²) >= 11 is -4.17. The molecule has 4 rings (SSSR count). The molecule has 3 atom stereocenters. The van der Waals surface area contributed by atoms with Gasteiger partial charge in [0, 0.05) is 0 Å². The number of allylic oxidation sites excluding steroid dienone is 1. The van der Waals surface area contributed by atoms with Crippen LogP contribution in [0.5, 0.6) is 0 Å². The van der Waals surface area contributed by atoms with E-state index in [0.29, 0.717) is 16.6 Å². The summed E-state index contributed by atoms with van der Waals surface area (Å²) in [6.45, 7) is 0. The van der Waals surface area contributed by atoms with Gasteiger partial charge in [-0.25, -0.2) is 0 Å². The molecule has 0 bridgehead atoms. The van der Waals surface area contributed by atoms with Gasteiger partial charge in [0.25, 0.3) is 0 Å². The minimum absolute atomic E-state index is 0.241. The number of halogens is 2. The van der Waals surface area contributed by atoms with Crippen molar-refractivity contribution in [3.05, 3.63) is 77.4 Å². The molecule has 0 radical (unpaired) electrons. The maximum absolute atomic E-state index is 7.22. The Balaban J connectivity index is 1.66. The Kier molecular flexibility index (Phi) is 5.14. The van der Waals surface area contributed by atoms with Crippen molar-refractivity contribution in [3.63, 3.8) is 0 Å². The molecule has 0 aromatic heterocycles. The van der Waals surface area contributed by atoms with E-state index in [9.17, 15) is 0 Å². The van der Waals surface area contributed by atoms with E-state index in [1.807, 2.05) is 18.2 Å². The first-order valence-electron chi connectivity index (χ1n) is 9.63. The van der Waals surface area contributed by atoms with Crippen molar-refractivity contribution in [3.8, 4) is 0 Å². The summed E-state index contributed by atoms with van der Waals surface area (Å²) in [5, 5.41) is 0. The Morgan fingerprint density at radius 2 is 1.62 bits per heavy atom. The topological polar surface area (TPSA) is 26.0 Å². The molecule has 1 fully saturated rings. The average molecular weight is 423 g/mol. The van der Waals surface area contributed by atoms with E-state index in [0.717, 1.165) is 6.42 Å². The Hall–Kier alpha value is -0.566. The monoisotopic (exact) mass is 422 g/mol. The predicted molar refractivity (Wildman–Crippen MR) is 110 cm³/mol. The van der Waals surface area contributed by atoms with E-state index in [2.05, 4.69) is 48.6 Å². The minimum atomic E-state index is -4.17. The number of hydrogen-bond donors (Lipinski definition) is 1. The Bertz CT molecular complexity index is 810. The third-order valence-electron chi connectivity index (χ3n) is 6.26.